The van der Waals surface area contributed by atoms with Crippen LogP contribution in [-0.4, -0.2) is 60.8 Å². The predicted octanol–water partition coefficient (Wildman–Crippen LogP) is 0.401. The second-order valence-corrected chi connectivity index (χ2v) is 6.75. The van der Waals surface area contributed by atoms with Crippen molar-refractivity contribution in [2.45, 2.75) is 4.90 Å². The number of aromatic nitrogens is 2. The molecule has 1 aromatic carbocycles. The quantitative estimate of drug-likeness (QED) is 0.478. The fourth-order valence-electron chi connectivity index (χ4n) is 2.13. The molecule has 29 heavy (non-hydrogen) atoms. The lowest BCUT2D eigenvalue weighted by Crippen LogP contribution is -2.36. The van der Waals surface area contributed by atoms with Crippen molar-refractivity contribution in [2.24, 2.45) is 0 Å². The number of carbonyl (C=O) groups excluding carboxylic acids is 1. The normalized spacial score (nSPS) is 10.7. The van der Waals surface area contributed by atoms with E-state index in [9.17, 15) is 33.0 Å². The highest BCUT2D eigenvalue weighted by Gasteiger charge is 2.30. The lowest BCUT2D eigenvalue weighted by Gasteiger charge is -2.12. The minimum atomic E-state index is -4.90. The number of nitrogens with zero attached hydrogens (tertiary/aromatic N) is 2. The zero-order chi connectivity index (χ0) is 21.8. The first kappa shape index (κ1) is 21.4. The van der Waals surface area contributed by atoms with Crippen molar-refractivity contribution in [1.29, 1.82) is 0 Å². The van der Waals surface area contributed by atoms with Gasteiger partial charge in [-0.05, 0) is 12.1 Å². The summed E-state index contributed by atoms with van der Waals surface area (Å²) < 4.78 is 36.4. The van der Waals surface area contributed by atoms with Crippen LogP contribution in [0.2, 0.25) is 0 Å². The standard InChI is InChI=1S/C15H14N4O9S/c1-27-9-6-10(28-2)17-14(16-9)18-15(24)19-29(25,26)11-7(12(20)21)4-3-5-8(11)13(22)23/h3-6H,1-2H3,(H,20,21)(H,22,23)(H2,16,17,18,19,24). The van der Waals surface area contributed by atoms with E-state index in [0.717, 1.165) is 18.2 Å². The Balaban J connectivity index is 2.39. The van der Waals surface area contributed by atoms with Gasteiger partial charge in [-0.25, -0.2) is 27.5 Å². The van der Waals surface area contributed by atoms with Gasteiger partial charge >= 0.3 is 18.0 Å². The first-order valence-corrected chi connectivity index (χ1v) is 8.97. The molecular weight excluding hydrogens is 412 g/mol. The SMILES string of the molecule is COc1cc(OC)nc(NC(=O)NS(=O)(=O)c2c(C(=O)O)cccc2C(=O)O)n1. The first-order chi connectivity index (χ1) is 13.6. The molecule has 14 heteroatoms. The minimum absolute atomic E-state index is 0.000562. The van der Waals surface area contributed by atoms with Gasteiger partial charge in [0.15, 0.2) is 0 Å². The molecule has 0 aliphatic heterocycles. The Bertz CT molecular complexity index is 1030. The molecule has 0 aliphatic carbocycles. The molecule has 2 rings (SSSR count). The van der Waals surface area contributed by atoms with Gasteiger partial charge in [0, 0.05) is 0 Å². The molecule has 0 radical (unpaired) electrons. The summed E-state index contributed by atoms with van der Waals surface area (Å²) in [6.07, 6.45) is 0. The minimum Gasteiger partial charge on any atom is -0.481 e. The van der Waals surface area contributed by atoms with Gasteiger partial charge in [-0.1, -0.05) is 6.07 Å². The highest BCUT2D eigenvalue weighted by atomic mass is 32.2. The van der Waals surface area contributed by atoms with Gasteiger partial charge < -0.3 is 19.7 Å². The maximum Gasteiger partial charge on any atom is 0.337 e. The van der Waals surface area contributed by atoms with Crippen LogP contribution in [0.4, 0.5) is 10.7 Å². The summed E-state index contributed by atoms with van der Waals surface area (Å²) in [5, 5.41) is 20.4. The molecule has 2 aromatic rings. The van der Waals surface area contributed by atoms with Crippen molar-refractivity contribution in [3.8, 4) is 11.8 Å². The van der Waals surface area contributed by atoms with Crippen LogP contribution in [0.25, 0.3) is 0 Å². The lowest BCUT2D eigenvalue weighted by atomic mass is 10.1. The number of anilines is 1. The number of nitrogens with one attached hydrogen (secondary N) is 2. The number of methoxy groups -OCH3 is 2. The van der Waals surface area contributed by atoms with Crippen LogP contribution in [0.3, 0.4) is 0 Å². The molecule has 0 spiro atoms. The van der Waals surface area contributed by atoms with Crippen molar-refractivity contribution in [3.05, 3.63) is 35.4 Å². The maximum atomic E-state index is 12.5. The van der Waals surface area contributed by atoms with E-state index in [-0.39, 0.29) is 17.7 Å². The Labute approximate surface area is 163 Å². The molecule has 0 saturated carbocycles. The highest BCUT2D eigenvalue weighted by Crippen LogP contribution is 2.22. The molecule has 0 unspecified atom stereocenters. The molecule has 154 valence electrons. The first-order valence-electron chi connectivity index (χ1n) is 7.49. The van der Waals surface area contributed by atoms with E-state index in [0.29, 0.717) is 0 Å². The topological polar surface area (TPSA) is 194 Å². The molecule has 0 bridgehead atoms. The van der Waals surface area contributed by atoms with E-state index in [1.807, 2.05) is 5.32 Å². The molecule has 0 aliphatic rings. The number of carboxylic acids is 2. The van der Waals surface area contributed by atoms with E-state index in [2.05, 4.69) is 9.97 Å². The third-order valence-electron chi connectivity index (χ3n) is 3.29. The summed E-state index contributed by atoms with van der Waals surface area (Å²) in [6.45, 7) is 0. The van der Waals surface area contributed by atoms with E-state index in [1.165, 1.54) is 25.0 Å². The third kappa shape index (κ3) is 4.86. The summed E-state index contributed by atoms with van der Waals surface area (Å²) in [5.74, 6) is -3.79. The molecule has 0 saturated heterocycles. The van der Waals surface area contributed by atoms with Gasteiger partial charge in [-0.2, -0.15) is 9.97 Å². The fraction of sp³-hybridized carbons (Fsp3) is 0.133. The van der Waals surface area contributed by atoms with Crippen LogP contribution in [0.15, 0.2) is 29.2 Å². The number of sulfonamides is 1. The van der Waals surface area contributed by atoms with Crippen LogP contribution in [0.5, 0.6) is 11.8 Å². The predicted molar refractivity (Wildman–Crippen MR) is 94.8 cm³/mol. The molecule has 13 nitrogen and oxygen atoms in total. The van der Waals surface area contributed by atoms with Crippen LogP contribution in [0, 0.1) is 0 Å². The summed E-state index contributed by atoms with van der Waals surface area (Å²) in [4.78, 5) is 41.2. The Morgan fingerprint density at radius 3 is 1.86 bits per heavy atom. The van der Waals surface area contributed by atoms with Gasteiger partial charge in [0.05, 0.1) is 31.4 Å². The number of aromatic carboxylic acids is 2. The van der Waals surface area contributed by atoms with E-state index >= 15 is 0 Å². The fourth-order valence-corrected chi connectivity index (χ4v) is 3.42. The summed E-state index contributed by atoms with van der Waals surface area (Å²) in [6, 6.07) is 2.75. The largest absolute Gasteiger partial charge is 0.481 e. The number of carbonyl (C=O) groups is 3. The van der Waals surface area contributed by atoms with Crippen LogP contribution in [0.1, 0.15) is 20.7 Å². The summed E-state index contributed by atoms with van der Waals surface area (Å²) >= 11 is 0. The second kappa shape index (κ2) is 8.39. The van der Waals surface area contributed by atoms with Crippen molar-refractivity contribution >= 4 is 33.9 Å². The molecule has 1 aromatic heterocycles. The number of hydrogen-bond donors (Lipinski definition) is 4. The van der Waals surface area contributed by atoms with Crippen molar-refractivity contribution in [3.63, 3.8) is 0 Å². The molecule has 2 amide bonds. The number of carboxylic acid groups (broad SMARTS) is 2. The van der Waals surface area contributed by atoms with Crippen LogP contribution >= 0.6 is 0 Å². The number of urea groups is 1. The van der Waals surface area contributed by atoms with E-state index in [1.54, 1.807) is 0 Å². The molecule has 0 fully saturated rings. The van der Waals surface area contributed by atoms with Gasteiger partial charge in [0.25, 0.3) is 10.0 Å². The van der Waals surface area contributed by atoms with Crippen molar-refractivity contribution in [2.75, 3.05) is 19.5 Å². The lowest BCUT2D eigenvalue weighted by molar-refractivity contribution is 0.0689. The Hall–Kier alpha value is -3.94. The second-order valence-electron chi connectivity index (χ2n) is 5.13. The zero-order valence-electron chi connectivity index (χ0n) is 14.9. The van der Waals surface area contributed by atoms with Gasteiger partial charge in [0.1, 0.15) is 4.90 Å². The average molecular weight is 426 g/mol. The number of benzene rings is 1. The summed E-state index contributed by atoms with van der Waals surface area (Å²) in [5.41, 5.74) is -1.66. The van der Waals surface area contributed by atoms with Gasteiger partial charge in [-0.3, -0.25) is 5.32 Å². The zero-order valence-corrected chi connectivity index (χ0v) is 15.7. The van der Waals surface area contributed by atoms with Gasteiger partial charge in [0.2, 0.25) is 17.7 Å². The van der Waals surface area contributed by atoms with Crippen LogP contribution in [-0.2, 0) is 10.0 Å². The van der Waals surface area contributed by atoms with Crippen molar-refractivity contribution in [1.82, 2.24) is 14.7 Å². The Morgan fingerprint density at radius 2 is 1.45 bits per heavy atom. The Kier molecular flexibility index (Phi) is 6.18. The molecule has 4 N–H and O–H groups in total. The number of ether oxygens (including phenoxy) is 2. The number of rotatable bonds is 7. The Morgan fingerprint density at radius 1 is 0.966 bits per heavy atom. The highest BCUT2D eigenvalue weighted by molar-refractivity contribution is 7.90. The molecule has 0 atom stereocenters. The molecule has 1 heterocycles. The monoisotopic (exact) mass is 426 g/mol. The third-order valence-corrected chi connectivity index (χ3v) is 4.73. The molecular formula is C15H14N4O9S. The number of amides is 2. The maximum absolute atomic E-state index is 12.5. The van der Waals surface area contributed by atoms with Gasteiger partial charge in [-0.15, -0.1) is 0 Å². The summed E-state index contributed by atoms with van der Waals surface area (Å²) in [7, 11) is -2.34. The smallest absolute Gasteiger partial charge is 0.337 e. The van der Waals surface area contributed by atoms with Crippen LogP contribution < -0.4 is 19.5 Å². The van der Waals surface area contributed by atoms with E-state index < -0.39 is 44.0 Å². The van der Waals surface area contributed by atoms with Crippen molar-refractivity contribution < 1.29 is 42.5 Å². The van der Waals surface area contributed by atoms with E-state index in [4.69, 9.17) is 9.47 Å². The average Bonchev–Trinajstić information content (AvgIpc) is 2.66. The number of hydrogen-bond acceptors (Lipinski definition) is 9.